The average Bonchev–Trinajstić information content (AvgIpc) is 2.71. The van der Waals surface area contributed by atoms with Gasteiger partial charge < -0.3 is 15.2 Å². The van der Waals surface area contributed by atoms with E-state index >= 15 is 0 Å². The van der Waals surface area contributed by atoms with Gasteiger partial charge in [0.1, 0.15) is 5.69 Å². The Balaban J connectivity index is 2.08. The molecule has 0 bridgehead atoms. The van der Waals surface area contributed by atoms with E-state index in [9.17, 15) is 4.79 Å². The number of halogens is 1. The molecule has 5 heteroatoms. The summed E-state index contributed by atoms with van der Waals surface area (Å²) in [4.78, 5) is 17.0. The molecule has 4 nitrogen and oxygen atoms in total. The van der Waals surface area contributed by atoms with Gasteiger partial charge in [-0.25, -0.2) is 0 Å². The molecule has 1 amide bonds. The Kier molecular flexibility index (Phi) is 3.89. The largest absolute Gasteiger partial charge is 0.351 e. The lowest BCUT2D eigenvalue weighted by molar-refractivity contribution is 0.0947. The first-order valence-electron chi connectivity index (χ1n) is 5.77. The zero-order valence-corrected chi connectivity index (χ0v) is 11.2. The van der Waals surface area contributed by atoms with Crippen molar-refractivity contribution in [2.24, 2.45) is 0 Å². The smallest absolute Gasteiger partial charge is 0.267 e. The first-order valence-corrected chi connectivity index (χ1v) is 6.15. The topological polar surface area (TPSA) is 48.1 Å². The fourth-order valence-electron chi connectivity index (χ4n) is 1.71. The number of rotatable bonds is 4. The number of hydrogen-bond acceptors (Lipinski definition) is 2. The Morgan fingerprint density at radius 3 is 2.89 bits per heavy atom. The summed E-state index contributed by atoms with van der Waals surface area (Å²) in [6, 6.07) is 7.32. The Morgan fingerprint density at radius 1 is 1.39 bits per heavy atom. The van der Waals surface area contributed by atoms with Crippen molar-refractivity contribution in [3.05, 3.63) is 35.0 Å². The number of likely N-dealkylation sites (N-methyl/N-ethyl adjacent to an activating group) is 1. The van der Waals surface area contributed by atoms with Gasteiger partial charge in [-0.2, -0.15) is 0 Å². The molecule has 96 valence electrons. The molecule has 0 radical (unpaired) electrons. The standard InChI is InChI=1S/C13H16ClN3O/c1-17(2)6-5-15-13(18)12-8-9-7-10(14)3-4-11(9)16-12/h3-4,7-8,16H,5-6H2,1-2H3,(H,15,18). The molecule has 0 saturated carbocycles. The monoisotopic (exact) mass is 265 g/mol. The highest BCUT2D eigenvalue weighted by atomic mass is 35.5. The Bertz CT molecular complexity index is 562. The fraction of sp³-hybridized carbons (Fsp3) is 0.308. The van der Waals surface area contributed by atoms with Crippen LogP contribution >= 0.6 is 11.6 Å². The molecule has 1 aromatic heterocycles. The molecule has 2 aromatic rings. The Labute approximate surface area is 111 Å². The zero-order valence-electron chi connectivity index (χ0n) is 10.5. The average molecular weight is 266 g/mol. The zero-order chi connectivity index (χ0) is 13.1. The van der Waals surface area contributed by atoms with Crippen molar-refractivity contribution in [1.82, 2.24) is 15.2 Å². The number of carbonyl (C=O) groups excluding carboxylic acids is 1. The minimum atomic E-state index is -0.0934. The molecule has 1 heterocycles. The predicted octanol–water partition coefficient (Wildman–Crippen LogP) is 2.11. The molecule has 0 aliphatic rings. The van der Waals surface area contributed by atoms with Crippen LogP contribution in [0.15, 0.2) is 24.3 Å². The SMILES string of the molecule is CN(C)CCNC(=O)c1cc2cc(Cl)ccc2[nH]1. The second-order valence-electron chi connectivity index (χ2n) is 4.47. The maximum Gasteiger partial charge on any atom is 0.267 e. The first-order chi connectivity index (χ1) is 8.56. The molecule has 0 atom stereocenters. The van der Waals surface area contributed by atoms with Crippen LogP contribution in [-0.4, -0.2) is 43.0 Å². The Hall–Kier alpha value is -1.52. The van der Waals surface area contributed by atoms with Gasteiger partial charge in [0.05, 0.1) is 0 Å². The summed E-state index contributed by atoms with van der Waals surface area (Å²) in [6.45, 7) is 1.44. The van der Waals surface area contributed by atoms with Crippen molar-refractivity contribution in [2.45, 2.75) is 0 Å². The van der Waals surface area contributed by atoms with Crippen LogP contribution in [0.25, 0.3) is 10.9 Å². The second-order valence-corrected chi connectivity index (χ2v) is 4.91. The normalized spacial score (nSPS) is 11.1. The third kappa shape index (κ3) is 3.03. The van der Waals surface area contributed by atoms with Crippen molar-refractivity contribution in [1.29, 1.82) is 0 Å². The van der Waals surface area contributed by atoms with Crippen molar-refractivity contribution in [3.8, 4) is 0 Å². The molecule has 0 fully saturated rings. The molecule has 2 N–H and O–H groups in total. The van der Waals surface area contributed by atoms with Gasteiger partial charge in [0.15, 0.2) is 0 Å². The summed E-state index contributed by atoms with van der Waals surface area (Å²) in [6.07, 6.45) is 0. The number of benzene rings is 1. The van der Waals surface area contributed by atoms with E-state index in [0.717, 1.165) is 17.4 Å². The Morgan fingerprint density at radius 2 is 2.17 bits per heavy atom. The minimum Gasteiger partial charge on any atom is -0.351 e. The predicted molar refractivity (Wildman–Crippen MR) is 74.2 cm³/mol. The van der Waals surface area contributed by atoms with Crippen molar-refractivity contribution in [3.63, 3.8) is 0 Å². The highest BCUT2D eigenvalue weighted by Crippen LogP contribution is 2.19. The minimum absolute atomic E-state index is 0.0934. The van der Waals surface area contributed by atoms with Crippen LogP contribution in [0.5, 0.6) is 0 Å². The number of amides is 1. The third-order valence-electron chi connectivity index (χ3n) is 2.67. The lowest BCUT2D eigenvalue weighted by Crippen LogP contribution is -2.31. The maximum atomic E-state index is 11.9. The lowest BCUT2D eigenvalue weighted by atomic mass is 10.2. The molecule has 1 aromatic carbocycles. The summed E-state index contributed by atoms with van der Waals surface area (Å²) in [7, 11) is 3.94. The molecular weight excluding hydrogens is 250 g/mol. The van der Waals surface area contributed by atoms with Gasteiger partial charge in [0.25, 0.3) is 5.91 Å². The highest BCUT2D eigenvalue weighted by molar-refractivity contribution is 6.31. The van der Waals surface area contributed by atoms with E-state index in [1.165, 1.54) is 0 Å². The number of nitrogens with one attached hydrogen (secondary N) is 2. The number of carbonyl (C=O) groups is 1. The maximum absolute atomic E-state index is 11.9. The summed E-state index contributed by atoms with van der Waals surface area (Å²) in [5.74, 6) is -0.0934. The van der Waals surface area contributed by atoms with Crippen LogP contribution in [0.2, 0.25) is 5.02 Å². The van der Waals surface area contributed by atoms with Crippen molar-refractivity contribution < 1.29 is 4.79 Å². The van der Waals surface area contributed by atoms with E-state index in [1.54, 1.807) is 6.07 Å². The van der Waals surface area contributed by atoms with E-state index < -0.39 is 0 Å². The van der Waals surface area contributed by atoms with E-state index in [-0.39, 0.29) is 5.91 Å². The number of H-pyrrole nitrogens is 1. The molecule has 2 rings (SSSR count). The van der Waals surface area contributed by atoms with Crippen LogP contribution in [0.4, 0.5) is 0 Å². The number of nitrogens with zero attached hydrogens (tertiary/aromatic N) is 1. The fourth-order valence-corrected chi connectivity index (χ4v) is 1.89. The number of aromatic amines is 1. The van der Waals surface area contributed by atoms with Crippen LogP contribution in [0, 0.1) is 0 Å². The van der Waals surface area contributed by atoms with E-state index in [0.29, 0.717) is 17.3 Å². The van der Waals surface area contributed by atoms with Crippen molar-refractivity contribution >= 4 is 28.4 Å². The van der Waals surface area contributed by atoms with Gasteiger partial charge in [0, 0.05) is 29.0 Å². The van der Waals surface area contributed by atoms with E-state index in [1.807, 2.05) is 37.2 Å². The molecule has 0 aliphatic carbocycles. The van der Waals surface area contributed by atoms with E-state index in [2.05, 4.69) is 10.3 Å². The van der Waals surface area contributed by atoms with Crippen LogP contribution < -0.4 is 5.32 Å². The van der Waals surface area contributed by atoms with Crippen LogP contribution in [0.3, 0.4) is 0 Å². The second kappa shape index (κ2) is 5.42. The van der Waals surface area contributed by atoms with Gasteiger partial charge in [-0.05, 0) is 38.4 Å². The first kappa shape index (κ1) is 12.9. The molecule has 0 unspecified atom stereocenters. The quantitative estimate of drug-likeness (QED) is 0.890. The lowest BCUT2D eigenvalue weighted by Gasteiger charge is -2.09. The van der Waals surface area contributed by atoms with Gasteiger partial charge in [-0.15, -0.1) is 0 Å². The number of hydrogen-bond donors (Lipinski definition) is 2. The third-order valence-corrected chi connectivity index (χ3v) is 2.91. The highest BCUT2D eigenvalue weighted by Gasteiger charge is 2.09. The summed E-state index contributed by atoms with van der Waals surface area (Å²) >= 11 is 5.91. The number of fused-ring (bicyclic) bond motifs is 1. The molecule has 0 spiro atoms. The van der Waals surface area contributed by atoms with Crippen molar-refractivity contribution in [2.75, 3.05) is 27.2 Å². The molecular formula is C13H16ClN3O. The molecule has 0 aliphatic heterocycles. The van der Waals surface area contributed by atoms with Crippen LogP contribution in [-0.2, 0) is 0 Å². The van der Waals surface area contributed by atoms with Gasteiger partial charge >= 0.3 is 0 Å². The van der Waals surface area contributed by atoms with Crippen LogP contribution in [0.1, 0.15) is 10.5 Å². The van der Waals surface area contributed by atoms with Gasteiger partial charge in [-0.1, -0.05) is 11.6 Å². The molecule has 18 heavy (non-hydrogen) atoms. The molecule has 0 saturated heterocycles. The van der Waals surface area contributed by atoms with Gasteiger partial charge in [-0.3, -0.25) is 4.79 Å². The van der Waals surface area contributed by atoms with E-state index in [4.69, 9.17) is 11.6 Å². The summed E-state index contributed by atoms with van der Waals surface area (Å²) in [5, 5.41) is 4.47. The van der Waals surface area contributed by atoms with Gasteiger partial charge in [0.2, 0.25) is 0 Å². The number of aromatic nitrogens is 1. The summed E-state index contributed by atoms with van der Waals surface area (Å²) < 4.78 is 0. The summed E-state index contributed by atoms with van der Waals surface area (Å²) in [5.41, 5.74) is 1.48.